The van der Waals surface area contributed by atoms with Crippen molar-refractivity contribution in [2.75, 3.05) is 14.1 Å². The molecule has 7 heteroatoms. The highest BCUT2D eigenvalue weighted by Crippen LogP contribution is 2.24. The zero-order chi connectivity index (χ0) is 26.9. The largest absolute Gasteiger partial charge is 0.459 e. The van der Waals surface area contributed by atoms with Crippen LogP contribution in [0.25, 0.3) is 0 Å². The Hall–Kier alpha value is -2.77. The molecule has 0 aliphatic heterocycles. The number of aliphatic hydroxyl groups is 1. The number of esters is 1. The molecule has 2 atom stereocenters. The fraction of sp³-hybridized carbons (Fsp3) is 0.536. The van der Waals surface area contributed by atoms with Crippen LogP contribution in [0.15, 0.2) is 46.6 Å². The molecule has 0 aromatic heterocycles. The van der Waals surface area contributed by atoms with E-state index in [1.165, 1.54) is 0 Å². The third kappa shape index (κ3) is 10.6. The number of rotatable bonds is 11. The summed E-state index contributed by atoms with van der Waals surface area (Å²) < 4.78 is 5.45. The van der Waals surface area contributed by atoms with E-state index < -0.39 is 23.7 Å². The average molecular weight is 486 g/mol. The van der Waals surface area contributed by atoms with Gasteiger partial charge >= 0.3 is 5.97 Å². The van der Waals surface area contributed by atoms with Gasteiger partial charge in [0.25, 0.3) is 0 Å². The number of aldehydes is 1. The van der Waals surface area contributed by atoms with Crippen LogP contribution in [0.3, 0.4) is 0 Å². The van der Waals surface area contributed by atoms with Gasteiger partial charge in [-0.05, 0) is 76.3 Å². The van der Waals surface area contributed by atoms with Crippen molar-refractivity contribution in [1.82, 2.24) is 10.2 Å². The van der Waals surface area contributed by atoms with Crippen molar-refractivity contribution in [3.05, 3.63) is 52.7 Å². The van der Waals surface area contributed by atoms with Crippen molar-refractivity contribution >= 4 is 23.7 Å². The Balaban J connectivity index is 3.33. The summed E-state index contributed by atoms with van der Waals surface area (Å²) in [5.41, 5.74) is 4.45. The number of hydrogen-bond donors (Lipinski definition) is 2. The lowest BCUT2D eigenvalue weighted by atomic mass is 9.98. The van der Waals surface area contributed by atoms with Gasteiger partial charge in [0.05, 0.1) is 17.5 Å². The van der Waals surface area contributed by atoms with Crippen LogP contribution in [0.4, 0.5) is 5.69 Å². The van der Waals surface area contributed by atoms with Crippen molar-refractivity contribution < 1.29 is 19.4 Å². The maximum atomic E-state index is 12.5. The molecule has 1 aromatic carbocycles. The van der Waals surface area contributed by atoms with Crippen molar-refractivity contribution in [3.8, 4) is 0 Å². The van der Waals surface area contributed by atoms with Gasteiger partial charge in [-0.15, -0.1) is 0 Å². The fourth-order valence-corrected chi connectivity index (χ4v) is 3.32. The van der Waals surface area contributed by atoms with Crippen molar-refractivity contribution in [2.24, 2.45) is 10.9 Å². The molecule has 1 aromatic rings. The third-order valence-electron chi connectivity index (χ3n) is 4.99. The second-order valence-electron chi connectivity index (χ2n) is 10.5. The van der Waals surface area contributed by atoms with Gasteiger partial charge in [0.15, 0.2) is 0 Å². The molecule has 0 aliphatic rings. The van der Waals surface area contributed by atoms with E-state index in [1.54, 1.807) is 34.6 Å². The highest BCUT2D eigenvalue weighted by atomic mass is 16.6. The minimum atomic E-state index is -0.910. The summed E-state index contributed by atoms with van der Waals surface area (Å²) in [6.07, 6.45) is 3.73. The van der Waals surface area contributed by atoms with Crippen LogP contribution in [-0.4, -0.2) is 59.8 Å². The molecule has 0 aliphatic carbocycles. The predicted molar refractivity (Wildman–Crippen MR) is 143 cm³/mol. The summed E-state index contributed by atoms with van der Waals surface area (Å²) in [4.78, 5) is 30.7. The maximum absolute atomic E-state index is 12.5. The Bertz CT molecular complexity index is 967. The lowest BCUT2D eigenvalue weighted by Crippen LogP contribution is -2.47. The van der Waals surface area contributed by atoms with Crippen molar-refractivity contribution in [3.63, 3.8) is 0 Å². The lowest BCUT2D eigenvalue weighted by molar-refractivity contribution is -0.160. The first kappa shape index (κ1) is 30.3. The molecule has 0 spiro atoms. The van der Waals surface area contributed by atoms with E-state index in [1.807, 2.05) is 56.4 Å². The third-order valence-corrected chi connectivity index (χ3v) is 4.99. The summed E-state index contributed by atoms with van der Waals surface area (Å²) in [6, 6.07) is 5.08. The number of ether oxygens (including phenoxy) is 1. The SMILES string of the molecule is C/C(C=O)=C/C(=C\N(C)C)C(=N/c1cc(CNC(C(=O)OC(C)(C)C)C(C)O)ccc1C)/C(C)C. The minimum absolute atomic E-state index is 0.116. The highest BCUT2D eigenvalue weighted by molar-refractivity contribution is 6.06. The number of carbonyl (C=O) groups is 2. The van der Waals surface area contributed by atoms with Crippen molar-refractivity contribution in [1.29, 1.82) is 0 Å². The van der Waals surface area contributed by atoms with Crippen LogP contribution < -0.4 is 5.32 Å². The van der Waals surface area contributed by atoms with E-state index in [9.17, 15) is 14.7 Å². The molecule has 7 nitrogen and oxygen atoms in total. The van der Waals surface area contributed by atoms with Gasteiger partial charge in [0, 0.05) is 32.4 Å². The highest BCUT2D eigenvalue weighted by Gasteiger charge is 2.28. The summed E-state index contributed by atoms with van der Waals surface area (Å²) in [5, 5.41) is 13.3. The molecule has 2 unspecified atom stereocenters. The van der Waals surface area contributed by atoms with E-state index in [0.717, 1.165) is 34.4 Å². The maximum Gasteiger partial charge on any atom is 0.326 e. The van der Waals surface area contributed by atoms with Crippen LogP contribution in [-0.2, 0) is 20.9 Å². The standard InChI is InChI=1S/C28H43N3O4/c1-18(2)25(23(16-31(9)10)13-19(3)17-32)30-24-14-22(12-11-20(24)4)15-29-26(21(5)33)27(34)35-28(6,7)8/h11-14,16-18,21,26,29,33H,15H2,1-10H3/b19-13-,23-16+,30-25+. The van der Waals surface area contributed by atoms with Gasteiger partial charge in [-0.25, -0.2) is 0 Å². The number of aliphatic hydroxyl groups excluding tert-OH is 1. The quantitative estimate of drug-likeness (QED) is 0.158. The predicted octanol–water partition coefficient (Wildman–Crippen LogP) is 4.49. The first-order chi connectivity index (χ1) is 16.1. The van der Waals surface area contributed by atoms with Crippen molar-refractivity contribution in [2.45, 2.75) is 79.7 Å². The topological polar surface area (TPSA) is 91.2 Å². The van der Waals surface area contributed by atoms with E-state index in [2.05, 4.69) is 19.2 Å². The molecular weight excluding hydrogens is 442 g/mol. The summed E-state index contributed by atoms with van der Waals surface area (Å²) in [6.45, 7) is 15.2. The zero-order valence-corrected chi connectivity index (χ0v) is 23.0. The molecule has 0 saturated carbocycles. The first-order valence-corrected chi connectivity index (χ1v) is 12.0. The molecule has 0 fully saturated rings. The Labute approximate surface area is 211 Å². The zero-order valence-electron chi connectivity index (χ0n) is 23.0. The molecule has 0 heterocycles. The number of benzene rings is 1. The van der Waals surface area contributed by atoms with Gasteiger partial charge in [-0.1, -0.05) is 26.0 Å². The molecule has 1 rings (SSSR count). The molecule has 2 N–H and O–H groups in total. The number of nitrogens with one attached hydrogen (secondary N) is 1. The van der Waals surface area contributed by atoms with Crippen LogP contribution in [0, 0.1) is 12.8 Å². The number of aryl methyl sites for hydroxylation is 1. The smallest absolute Gasteiger partial charge is 0.326 e. The number of aliphatic imine (C=N–C) groups is 1. The van der Waals surface area contributed by atoms with Gasteiger partial charge in [-0.3, -0.25) is 19.9 Å². The Morgan fingerprint density at radius 3 is 2.34 bits per heavy atom. The normalized spacial score (nSPS) is 15.1. The second-order valence-corrected chi connectivity index (χ2v) is 10.5. The lowest BCUT2D eigenvalue weighted by Gasteiger charge is -2.26. The number of carbonyl (C=O) groups excluding carboxylic acids is 2. The molecule has 0 amide bonds. The van der Waals surface area contributed by atoms with E-state index >= 15 is 0 Å². The molecule has 0 saturated heterocycles. The van der Waals surface area contributed by atoms with E-state index in [-0.39, 0.29) is 5.92 Å². The first-order valence-electron chi connectivity index (χ1n) is 12.0. The molecule has 0 radical (unpaired) electrons. The molecular formula is C28H43N3O4. The fourth-order valence-electron chi connectivity index (χ4n) is 3.32. The number of allylic oxidation sites excluding steroid dienone is 3. The van der Waals surface area contributed by atoms with Gasteiger partial charge < -0.3 is 14.7 Å². The molecule has 194 valence electrons. The minimum Gasteiger partial charge on any atom is -0.459 e. The monoisotopic (exact) mass is 485 g/mol. The number of nitrogens with zero attached hydrogens (tertiary/aromatic N) is 2. The van der Waals surface area contributed by atoms with Crippen LogP contribution in [0.2, 0.25) is 0 Å². The number of hydrogen-bond acceptors (Lipinski definition) is 7. The average Bonchev–Trinajstić information content (AvgIpc) is 2.71. The second kappa shape index (κ2) is 13.4. The van der Waals surface area contributed by atoms with Gasteiger partial charge in [0.1, 0.15) is 17.9 Å². The summed E-state index contributed by atoms with van der Waals surface area (Å²) in [7, 11) is 3.87. The van der Waals surface area contributed by atoms with E-state index in [4.69, 9.17) is 9.73 Å². The van der Waals surface area contributed by atoms with Crippen LogP contribution >= 0.6 is 0 Å². The Morgan fingerprint density at radius 1 is 1.23 bits per heavy atom. The van der Waals surface area contributed by atoms with Gasteiger partial charge in [0.2, 0.25) is 0 Å². The van der Waals surface area contributed by atoms with E-state index in [0.29, 0.717) is 12.1 Å². The summed E-state index contributed by atoms with van der Waals surface area (Å²) >= 11 is 0. The van der Waals surface area contributed by atoms with Crippen LogP contribution in [0.5, 0.6) is 0 Å². The Morgan fingerprint density at radius 2 is 1.86 bits per heavy atom. The molecule has 0 bridgehead atoms. The van der Waals surface area contributed by atoms with Gasteiger partial charge in [-0.2, -0.15) is 0 Å². The summed E-state index contributed by atoms with van der Waals surface area (Å²) in [5.74, 6) is -0.374. The molecule has 35 heavy (non-hydrogen) atoms. The Kier molecular flexibility index (Phi) is 11.5. The van der Waals surface area contributed by atoms with Crippen LogP contribution in [0.1, 0.15) is 59.6 Å².